The lowest BCUT2D eigenvalue weighted by Crippen LogP contribution is -2.50. The molecule has 0 spiro atoms. The lowest BCUT2D eigenvalue weighted by atomic mass is 9.81. The number of nitrogens with one attached hydrogen (secondary N) is 1. The summed E-state index contributed by atoms with van der Waals surface area (Å²) in [6.07, 6.45) is 4.95. The first kappa shape index (κ1) is 15.9. The van der Waals surface area contributed by atoms with Gasteiger partial charge in [0.1, 0.15) is 17.4 Å². The Hall–Kier alpha value is -1.53. The third-order valence-electron chi connectivity index (χ3n) is 4.26. The molecule has 21 heavy (non-hydrogen) atoms. The number of nitriles is 1. The molecule has 1 saturated carbocycles. The maximum absolute atomic E-state index is 9.57. The van der Waals surface area contributed by atoms with Gasteiger partial charge in [0, 0.05) is 6.42 Å². The largest absolute Gasteiger partial charge is 0.490 e. The van der Waals surface area contributed by atoms with E-state index in [0.29, 0.717) is 0 Å². The highest BCUT2D eigenvalue weighted by molar-refractivity contribution is 5.36. The zero-order valence-corrected chi connectivity index (χ0v) is 13.4. The molecular formula is C18H26N2O. The van der Waals surface area contributed by atoms with Crippen molar-refractivity contribution in [2.24, 2.45) is 0 Å². The van der Waals surface area contributed by atoms with Gasteiger partial charge in [0.15, 0.2) is 0 Å². The minimum Gasteiger partial charge on any atom is -0.490 e. The van der Waals surface area contributed by atoms with E-state index in [9.17, 15) is 5.26 Å². The first-order valence-corrected chi connectivity index (χ1v) is 7.99. The predicted octanol–water partition coefficient (Wildman–Crippen LogP) is 3.89. The van der Waals surface area contributed by atoms with Crippen molar-refractivity contribution in [3.05, 3.63) is 29.3 Å². The van der Waals surface area contributed by atoms with Gasteiger partial charge in [-0.05, 0) is 57.7 Å². The Morgan fingerprint density at radius 2 is 2.24 bits per heavy atom. The van der Waals surface area contributed by atoms with E-state index in [1.807, 2.05) is 6.07 Å². The molecule has 114 valence electrons. The number of hydrogen-bond donors (Lipinski definition) is 1. The first-order valence-electron chi connectivity index (χ1n) is 7.99. The Labute approximate surface area is 128 Å². The molecule has 0 heterocycles. The predicted molar refractivity (Wildman–Crippen MR) is 85.4 cm³/mol. The molecule has 3 nitrogen and oxygen atoms in total. The average Bonchev–Trinajstić information content (AvgIpc) is 2.48. The quantitative estimate of drug-likeness (QED) is 0.893. The van der Waals surface area contributed by atoms with Crippen LogP contribution < -0.4 is 10.1 Å². The van der Waals surface area contributed by atoms with Crippen molar-refractivity contribution in [2.45, 2.75) is 64.5 Å². The maximum atomic E-state index is 9.57. The number of benzene rings is 1. The second-order valence-corrected chi connectivity index (χ2v) is 6.23. The van der Waals surface area contributed by atoms with Crippen LogP contribution in [0.1, 0.15) is 50.2 Å². The molecule has 3 heteroatoms. The van der Waals surface area contributed by atoms with Crippen molar-refractivity contribution >= 4 is 0 Å². The van der Waals surface area contributed by atoms with Gasteiger partial charge in [-0.25, -0.2) is 0 Å². The molecule has 1 N–H and O–H groups in total. The van der Waals surface area contributed by atoms with Crippen LogP contribution in [0.4, 0.5) is 0 Å². The van der Waals surface area contributed by atoms with E-state index in [0.717, 1.165) is 44.4 Å². The van der Waals surface area contributed by atoms with Crippen LogP contribution in [0, 0.1) is 25.2 Å². The van der Waals surface area contributed by atoms with E-state index < -0.39 is 5.54 Å². The summed E-state index contributed by atoms with van der Waals surface area (Å²) in [5.41, 5.74) is 2.02. The van der Waals surface area contributed by atoms with Gasteiger partial charge in [-0.2, -0.15) is 5.26 Å². The third-order valence-corrected chi connectivity index (χ3v) is 4.26. The molecule has 2 unspecified atom stereocenters. The Balaban J connectivity index is 2.05. The van der Waals surface area contributed by atoms with Crippen LogP contribution in [0.25, 0.3) is 0 Å². The van der Waals surface area contributed by atoms with Crippen molar-refractivity contribution in [3.63, 3.8) is 0 Å². The number of nitrogens with zero attached hydrogens (tertiary/aromatic N) is 1. The van der Waals surface area contributed by atoms with Crippen LogP contribution >= 0.6 is 0 Å². The summed E-state index contributed by atoms with van der Waals surface area (Å²) >= 11 is 0. The average molecular weight is 286 g/mol. The summed E-state index contributed by atoms with van der Waals surface area (Å²) in [6.45, 7) is 7.19. The molecule has 1 fully saturated rings. The highest BCUT2D eigenvalue weighted by Gasteiger charge is 2.37. The van der Waals surface area contributed by atoms with Gasteiger partial charge in [0.2, 0.25) is 0 Å². The minimum atomic E-state index is -0.405. The van der Waals surface area contributed by atoms with Crippen LogP contribution in [0.2, 0.25) is 0 Å². The molecule has 0 saturated heterocycles. The Bertz CT molecular complexity index is 520. The topological polar surface area (TPSA) is 45.0 Å². The molecular weight excluding hydrogens is 260 g/mol. The summed E-state index contributed by atoms with van der Waals surface area (Å²) in [6, 6.07) is 8.77. The number of hydrogen-bond acceptors (Lipinski definition) is 3. The van der Waals surface area contributed by atoms with Crippen LogP contribution in [-0.4, -0.2) is 18.2 Å². The summed E-state index contributed by atoms with van der Waals surface area (Å²) in [7, 11) is 0. The van der Waals surface area contributed by atoms with Gasteiger partial charge in [-0.1, -0.05) is 24.6 Å². The molecule has 1 aromatic carbocycles. The molecule has 1 aliphatic carbocycles. The number of aryl methyl sites for hydroxylation is 2. The Morgan fingerprint density at radius 3 is 2.90 bits per heavy atom. The monoisotopic (exact) mass is 286 g/mol. The smallest absolute Gasteiger partial charge is 0.122 e. The molecule has 0 aliphatic heterocycles. The summed E-state index contributed by atoms with van der Waals surface area (Å²) in [5, 5.41) is 13.0. The normalized spacial score (nSPS) is 25.3. The van der Waals surface area contributed by atoms with Gasteiger partial charge in [0.05, 0.1) is 6.07 Å². The van der Waals surface area contributed by atoms with E-state index in [-0.39, 0.29) is 6.10 Å². The highest BCUT2D eigenvalue weighted by Crippen LogP contribution is 2.32. The fourth-order valence-corrected chi connectivity index (χ4v) is 3.10. The fourth-order valence-electron chi connectivity index (χ4n) is 3.10. The van der Waals surface area contributed by atoms with Gasteiger partial charge in [-0.15, -0.1) is 0 Å². The Kier molecular flexibility index (Phi) is 5.25. The first-order chi connectivity index (χ1) is 10.1. The number of rotatable bonds is 5. The maximum Gasteiger partial charge on any atom is 0.122 e. The summed E-state index contributed by atoms with van der Waals surface area (Å²) in [4.78, 5) is 0. The van der Waals surface area contributed by atoms with Crippen LogP contribution in [-0.2, 0) is 0 Å². The van der Waals surface area contributed by atoms with Gasteiger partial charge < -0.3 is 4.74 Å². The molecule has 1 aromatic rings. The molecule has 0 amide bonds. The summed E-state index contributed by atoms with van der Waals surface area (Å²) < 4.78 is 6.19. The van der Waals surface area contributed by atoms with E-state index in [2.05, 4.69) is 44.3 Å². The fraction of sp³-hybridized carbons (Fsp3) is 0.611. The van der Waals surface area contributed by atoms with E-state index >= 15 is 0 Å². The lowest BCUT2D eigenvalue weighted by molar-refractivity contribution is 0.112. The van der Waals surface area contributed by atoms with E-state index in [1.165, 1.54) is 11.1 Å². The molecule has 1 aliphatic rings. The zero-order chi connectivity index (χ0) is 15.3. The number of ether oxygens (including phenoxy) is 1. The molecule has 2 rings (SSSR count). The second kappa shape index (κ2) is 6.95. The summed E-state index contributed by atoms with van der Waals surface area (Å²) in [5.74, 6) is 0.954. The van der Waals surface area contributed by atoms with Crippen LogP contribution in [0.3, 0.4) is 0 Å². The van der Waals surface area contributed by atoms with Crippen LogP contribution in [0.15, 0.2) is 18.2 Å². The second-order valence-electron chi connectivity index (χ2n) is 6.23. The van der Waals surface area contributed by atoms with Crippen molar-refractivity contribution in [1.82, 2.24) is 5.32 Å². The molecule has 0 radical (unpaired) electrons. The Morgan fingerprint density at radius 1 is 1.43 bits per heavy atom. The minimum absolute atomic E-state index is 0.129. The SMILES string of the molecule is CCCNC1(C#N)CCCC(Oc2ccc(C)cc2C)C1. The standard InChI is InChI=1S/C18H26N2O/c1-4-10-20-18(13-19)9-5-6-16(12-18)21-17-8-7-14(2)11-15(17)3/h7-8,11,16,20H,4-6,9-10,12H2,1-3H3. The molecule has 2 atom stereocenters. The highest BCUT2D eigenvalue weighted by atomic mass is 16.5. The zero-order valence-electron chi connectivity index (χ0n) is 13.4. The van der Waals surface area contributed by atoms with Crippen molar-refractivity contribution in [3.8, 4) is 11.8 Å². The van der Waals surface area contributed by atoms with Crippen LogP contribution in [0.5, 0.6) is 5.75 Å². The van der Waals surface area contributed by atoms with Crippen molar-refractivity contribution < 1.29 is 4.74 Å². The van der Waals surface area contributed by atoms with Gasteiger partial charge in [-0.3, -0.25) is 5.32 Å². The van der Waals surface area contributed by atoms with Gasteiger partial charge >= 0.3 is 0 Å². The lowest BCUT2D eigenvalue weighted by Gasteiger charge is -2.36. The van der Waals surface area contributed by atoms with E-state index in [4.69, 9.17) is 4.74 Å². The molecule has 0 bridgehead atoms. The van der Waals surface area contributed by atoms with E-state index in [1.54, 1.807) is 0 Å². The van der Waals surface area contributed by atoms with Gasteiger partial charge in [0.25, 0.3) is 0 Å². The van der Waals surface area contributed by atoms with Crippen molar-refractivity contribution in [1.29, 1.82) is 5.26 Å². The third kappa shape index (κ3) is 3.98. The van der Waals surface area contributed by atoms with Crippen molar-refractivity contribution in [2.75, 3.05) is 6.54 Å². The molecule has 0 aromatic heterocycles.